The Labute approximate surface area is 111 Å². The van der Waals surface area contributed by atoms with Gasteiger partial charge in [-0.3, -0.25) is 4.79 Å². The van der Waals surface area contributed by atoms with E-state index in [1.54, 1.807) is 13.2 Å². The van der Waals surface area contributed by atoms with Crippen LogP contribution in [-0.2, 0) is 9.53 Å². The molecule has 0 aromatic heterocycles. The summed E-state index contributed by atoms with van der Waals surface area (Å²) >= 11 is 0. The van der Waals surface area contributed by atoms with Gasteiger partial charge in [-0.05, 0) is 50.2 Å². The van der Waals surface area contributed by atoms with Crippen LogP contribution in [0, 0.1) is 5.41 Å². The van der Waals surface area contributed by atoms with Crippen LogP contribution in [-0.4, -0.2) is 19.0 Å². The number of rotatable bonds is 5. The Morgan fingerprint density at radius 3 is 2.72 bits per heavy atom. The van der Waals surface area contributed by atoms with Gasteiger partial charge in [0.05, 0.1) is 6.10 Å². The molecule has 0 fully saturated rings. The summed E-state index contributed by atoms with van der Waals surface area (Å²) in [6, 6.07) is 0. The second-order valence-corrected chi connectivity index (χ2v) is 5.98. The molecule has 1 atom stereocenters. The van der Waals surface area contributed by atoms with E-state index < -0.39 is 0 Å². The van der Waals surface area contributed by atoms with Crippen molar-refractivity contribution in [3.8, 4) is 0 Å². The Morgan fingerprint density at radius 1 is 1.50 bits per heavy atom. The zero-order chi connectivity index (χ0) is 13.8. The average molecular weight is 250 g/mol. The molecule has 18 heavy (non-hydrogen) atoms. The number of hydrogen-bond donors (Lipinski definition) is 0. The molecule has 0 aromatic carbocycles. The van der Waals surface area contributed by atoms with Crippen molar-refractivity contribution in [2.75, 3.05) is 7.11 Å². The van der Waals surface area contributed by atoms with E-state index in [-0.39, 0.29) is 17.3 Å². The van der Waals surface area contributed by atoms with Gasteiger partial charge in [0.2, 0.25) is 0 Å². The Balaban J connectivity index is 2.73. The number of carbonyl (C=O) groups excluding carboxylic acids is 1. The maximum absolute atomic E-state index is 11.8. The highest BCUT2D eigenvalue weighted by Gasteiger charge is 2.26. The monoisotopic (exact) mass is 250 g/mol. The molecule has 0 spiro atoms. The first kappa shape index (κ1) is 15.2. The highest BCUT2D eigenvalue weighted by molar-refractivity contribution is 5.90. The molecule has 102 valence electrons. The summed E-state index contributed by atoms with van der Waals surface area (Å²) in [5.41, 5.74) is 2.97. The minimum atomic E-state index is -0.00316. The predicted molar refractivity (Wildman–Crippen MR) is 75.6 cm³/mol. The lowest BCUT2D eigenvalue weighted by atomic mass is 9.72. The molecular formula is C16H26O2. The Hall–Kier alpha value is -0.890. The molecule has 1 rings (SSSR count). The molecule has 0 amide bonds. The quantitative estimate of drug-likeness (QED) is 0.688. The van der Waals surface area contributed by atoms with Gasteiger partial charge < -0.3 is 4.74 Å². The summed E-state index contributed by atoms with van der Waals surface area (Å²) in [6.07, 6.45) is 7.82. The zero-order valence-corrected chi connectivity index (χ0v) is 12.4. The van der Waals surface area contributed by atoms with Crippen molar-refractivity contribution in [3.63, 3.8) is 0 Å². The van der Waals surface area contributed by atoms with Gasteiger partial charge in [-0.15, -0.1) is 0 Å². The van der Waals surface area contributed by atoms with Crippen LogP contribution in [0.4, 0.5) is 0 Å². The van der Waals surface area contributed by atoms with Crippen molar-refractivity contribution in [1.82, 2.24) is 0 Å². The molecule has 2 nitrogen and oxygen atoms in total. The van der Waals surface area contributed by atoms with Crippen molar-refractivity contribution >= 4 is 5.78 Å². The van der Waals surface area contributed by atoms with Crippen LogP contribution in [0.1, 0.15) is 53.4 Å². The largest absolute Gasteiger partial charge is 0.381 e. The van der Waals surface area contributed by atoms with Gasteiger partial charge in [-0.25, -0.2) is 0 Å². The van der Waals surface area contributed by atoms with Crippen molar-refractivity contribution in [3.05, 3.63) is 23.3 Å². The molecule has 1 unspecified atom stereocenters. The summed E-state index contributed by atoms with van der Waals surface area (Å²) in [5.74, 6) is 0.144. The summed E-state index contributed by atoms with van der Waals surface area (Å²) in [5, 5.41) is 0. The van der Waals surface area contributed by atoms with Crippen LogP contribution < -0.4 is 0 Å². The highest BCUT2D eigenvalue weighted by Crippen LogP contribution is 2.40. The lowest BCUT2D eigenvalue weighted by Crippen LogP contribution is -2.19. The van der Waals surface area contributed by atoms with E-state index in [4.69, 9.17) is 4.74 Å². The molecule has 0 radical (unpaired) electrons. The lowest BCUT2D eigenvalue weighted by molar-refractivity contribution is -0.116. The highest BCUT2D eigenvalue weighted by atomic mass is 16.5. The number of carbonyl (C=O) groups is 1. The third-order valence-electron chi connectivity index (χ3n) is 3.87. The van der Waals surface area contributed by atoms with Crippen LogP contribution in [0.3, 0.4) is 0 Å². The normalized spacial score (nSPS) is 21.4. The van der Waals surface area contributed by atoms with E-state index >= 15 is 0 Å². The lowest BCUT2D eigenvalue weighted by Gasteiger charge is -2.32. The van der Waals surface area contributed by atoms with Gasteiger partial charge in [0.15, 0.2) is 5.78 Å². The van der Waals surface area contributed by atoms with Crippen LogP contribution >= 0.6 is 0 Å². The van der Waals surface area contributed by atoms with E-state index in [9.17, 15) is 4.79 Å². The first-order valence-electron chi connectivity index (χ1n) is 6.81. The Bertz CT molecular complexity index is 361. The number of ketones is 1. The van der Waals surface area contributed by atoms with E-state index in [1.807, 2.05) is 13.0 Å². The molecule has 0 saturated carbocycles. The second-order valence-electron chi connectivity index (χ2n) is 5.98. The third-order valence-corrected chi connectivity index (χ3v) is 3.87. The molecule has 0 aliphatic heterocycles. The molecule has 1 aliphatic carbocycles. The number of hydrogen-bond acceptors (Lipinski definition) is 2. The molecule has 1 aliphatic rings. The fraction of sp³-hybridized carbons (Fsp3) is 0.688. The Morgan fingerprint density at radius 2 is 2.17 bits per heavy atom. The van der Waals surface area contributed by atoms with E-state index in [1.165, 1.54) is 24.0 Å². The SMILES string of the molecule is COC(C)CC(=O)/C=C/C1=C(C)CCCC1(C)C. The smallest absolute Gasteiger partial charge is 0.158 e. The Kier molecular flexibility index (Phi) is 5.33. The summed E-state index contributed by atoms with van der Waals surface area (Å²) in [6.45, 7) is 8.62. The van der Waals surface area contributed by atoms with Crippen LogP contribution in [0.2, 0.25) is 0 Å². The average Bonchev–Trinajstić information content (AvgIpc) is 2.27. The fourth-order valence-electron chi connectivity index (χ4n) is 2.62. The van der Waals surface area contributed by atoms with Gasteiger partial charge in [0, 0.05) is 13.5 Å². The molecule has 0 bridgehead atoms. The van der Waals surface area contributed by atoms with Crippen LogP contribution in [0.15, 0.2) is 23.3 Å². The van der Waals surface area contributed by atoms with Crippen molar-refractivity contribution in [1.29, 1.82) is 0 Å². The third kappa shape index (κ3) is 4.09. The minimum Gasteiger partial charge on any atom is -0.381 e. The number of ether oxygens (including phenoxy) is 1. The maximum Gasteiger partial charge on any atom is 0.158 e. The number of allylic oxidation sites excluding steroid dienone is 4. The van der Waals surface area contributed by atoms with Crippen LogP contribution in [0.5, 0.6) is 0 Å². The van der Waals surface area contributed by atoms with E-state index in [0.29, 0.717) is 6.42 Å². The van der Waals surface area contributed by atoms with Gasteiger partial charge in [-0.1, -0.05) is 25.5 Å². The van der Waals surface area contributed by atoms with E-state index in [0.717, 1.165) is 6.42 Å². The molecule has 0 saturated heterocycles. The van der Waals surface area contributed by atoms with Gasteiger partial charge >= 0.3 is 0 Å². The first-order chi connectivity index (χ1) is 8.36. The maximum atomic E-state index is 11.8. The molecular weight excluding hydrogens is 224 g/mol. The fourth-order valence-corrected chi connectivity index (χ4v) is 2.62. The van der Waals surface area contributed by atoms with Gasteiger partial charge in [0.1, 0.15) is 0 Å². The molecule has 0 heterocycles. The first-order valence-corrected chi connectivity index (χ1v) is 6.81. The second kappa shape index (κ2) is 6.33. The summed E-state index contributed by atoms with van der Waals surface area (Å²) in [4.78, 5) is 11.8. The predicted octanol–water partition coefficient (Wildman–Crippen LogP) is 4.06. The van der Waals surface area contributed by atoms with Crippen molar-refractivity contribution in [2.24, 2.45) is 5.41 Å². The number of methoxy groups -OCH3 is 1. The minimum absolute atomic E-state index is 0.00316. The van der Waals surface area contributed by atoms with Crippen molar-refractivity contribution in [2.45, 2.75) is 59.5 Å². The van der Waals surface area contributed by atoms with Gasteiger partial charge in [-0.2, -0.15) is 0 Å². The van der Waals surface area contributed by atoms with Gasteiger partial charge in [0.25, 0.3) is 0 Å². The standard InChI is InChI=1S/C16H26O2/c1-12-7-6-10-16(3,4)15(12)9-8-14(17)11-13(2)18-5/h8-9,13H,6-7,10-11H2,1-5H3/b9-8+. The summed E-state index contributed by atoms with van der Waals surface area (Å²) in [7, 11) is 1.64. The molecule has 0 aromatic rings. The summed E-state index contributed by atoms with van der Waals surface area (Å²) < 4.78 is 5.11. The zero-order valence-electron chi connectivity index (χ0n) is 12.4. The van der Waals surface area contributed by atoms with Crippen molar-refractivity contribution < 1.29 is 9.53 Å². The van der Waals surface area contributed by atoms with Crippen LogP contribution in [0.25, 0.3) is 0 Å². The molecule has 0 N–H and O–H groups in total. The topological polar surface area (TPSA) is 26.3 Å². The molecule has 2 heteroatoms. The van der Waals surface area contributed by atoms with E-state index in [2.05, 4.69) is 20.8 Å².